The van der Waals surface area contributed by atoms with E-state index < -0.39 is 0 Å². The largest absolute Gasteiger partial charge is 0.225 e. The Hall–Kier alpha value is -0.440. The van der Waals surface area contributed by atoms with Crippen molar-refractivity contribution < 1.29 is 0 Å². The van der Waals surface area contributed by atoms with Crippen molar-refractivity contribution in [3.05, 3.63) is 10.8 Å². The summed E-state index contributed by atoms with van der Waals surface area (Å²) in [5, 5.41) is 1.09. The van der Waals surface area contributed by atoms with Gasteiger partial charge in [0.2, 0.25) is 0 Å². The van der Waals surface area contributed by atoms with E-state index in [0.29, 0.717) is 0 Å². The van der Waals surface area contributed by atoms with Crippen LogP contribution in [0.3, 0.4) is 0 Å². The van der Waals surface area contributed by atoms with Crippen LogP contribution in [0.25, 0.3) is 0 Å². The van der Waals surface area contributed by atoms with E-state index in [1.165, 1.54) is 24.4 Å². The Morgan fingerprint density at radius 3 is 2.78 bits per heavy atom. The zero-order valence-corrected chi connectivity index (χ0v) is 6.11. The molecule has 1 aliphatic carbocycles. The van der Waals surface area contributed by atoms with Gasteiger partial charge in [0.05, 0.1) is 0 Å². The Labute approximate surface area is 58.1 Å². The summed E-state index contributed by atoms with van der Waals surface area (Å²) in [4.78, 5) is 4.28. The van der Waals surface area contributed by atoms with Crippen LogP contribution in [0.1, 0.15) is 29.6 Å². The van der Waals surface area contributed by atoms with Crippen molar-refractivity contribution in [1.82, 2.24) is 9.36 Å². The predicted molar refractivity (Wildman–Crippen MR) is 36.6 cm³/mol. The van der Waals surface area contributed by atoms with Crippen molar-refractivity contribution in [2.75, 3.05) is 0 Å². The molecular weight excluding hydrogens is 132 g/mol. The molecule has 1 saturated carbocycles. The van der Waals surface area contributed by atoms with Crippen molar-refractivity contribution in [3.63, 3.8) is 0 Å². The summed E-state index contributed by atoms with van der Waals surface area (Å²) in [5.74, 6) is 1.80. The molecule has 0 unspecified atom stereocenters. The second kappa shape index (κ2) is 1.77. The number of hydrogen-bond acceptors (Lipinski definition) is 3. The van der Waals surface area contributed by atoms with Gasteiger partial charge in [0.25, 0.3) is 0 Å². The SMILES string of the molecule is Cc1nc(C2CC2)ns1. The smallest absolute Gasteiger partial charge is 0.145 e. The minimum atomic E-state index is 0.718. The number of aryl methyl sites for hydroxylation is 1. The van der Waals surface area contributed by atoms with Gasteiger partial charge in [-0.2, -0.15) is 4.37 Å². The highest BCUT2D eigenvalue weighted by molar-refractivity contribution is 7.05. The average Bonchev–Trinajstić information content (AvgIpc) is 2.58. The maximum Gasteiger partial charge on any atom is 0.145 e. The van der Waals surface area contributed by atoms with Crippen LogP contribution >= 0.6 is 11.5 Å². The first kappa shape index (κ1) is 5.35. The van der Waals surface area contributed by atoms with E-state index in [1.807, 2.05) is 6.92 Å². The van der Waals surface area contributed by atoms with Crippen LogP contribution in [-0.2, 0) is 0 Å². The maximum atomic E-state index is 4.28. The fourth-order valence-corrected chi connectivity index (χ4v) is 1.37. The molecular formula is C6H8N2S. The highest BCUT2D eigenvalue weighted by atomic mass is 32.1. The molecule has 48 valence electrons. The standard InChI is InChI=1S/C6H8N2S/c1-4-7-6(8-9-4)5-2-3-5/h5H,2-3H2,1H3. The van der Waals surface area contributed by atoms with Crippen LogP contribution in [0.2, 0.25) is 0 Å². The Kier molecular flexibility index (Phi) is 1.05. The molecule has 1 aromatic heterocycles. The van der Waals surface area contributed by atoms with Gasteiger partial charge in [-0.15, -0.1) is 0 Å². The summed E-state index contributed by atoms with van der Waals surface area (Å²) in [6.45, 7) is 2.00. The lowest BCUT2D eigenvalue weighted by Crippen LogP contribution is -1.80. The van der Waals surface area contributed by atoms with E-state index in [9.17, 15) is 0 Å². The molecule has 0 N–H and O–H groups in total. The van der Waals surface area contributed by atoms with Gasteiger partial charge in [-0.25, -0.2) is 4.98 Å². The molecule has 0 aliphatic heterocycles. The van der Waals surface area contributed by atoms with Crippen LogP contribution < -0.4 is 0 Å². The highest BCUT2D eigenvalue weighted by Crippen LogP contribution is 2.38. The van der Waals surface area contributed by atoms with Crippen molar-refractivity contribution in [2.24, 2.45) is 0 Å². The van der Waals surface area contributed by atoms with E-state index in [4.69, 9.17) is 0 Å². The van der Waals surface area contributed by atoms with Gasteiger partial charge in [-0.05, 0) is 31.3 Å². The van der Waals surface area contributed by atoms with Crippen molar-refractivity contribution >= 4 is 11.5 Å². The molecule has 9 heavy (non-hydrogen) atoms. The van der Waals surface area contributed by atoms with Gasteiger partial charge < -0.3 is 0 Å². The quantitative estimate of drug-likeness (QED) is 0.593. The van der Waals surface area contributed by atoms with Crippen molar-refractivity contribution in [1.29, 1.82) is 0 Å². The first-order valence-corrected chi connectivity index (χ1v) is 3.94. The Bertz CT molecular complexity index is 215. The van der Waals surface area contributed by atoms with Crippen molar-refractivity contribution in [3.8, 4) is 0 Å². The zero-order chi connectivity index (χ0) is 6.27. The van der Waals surface area contributed by atoms with Crippen molar-refractivity contribution in [2.45, 2.75) is 25.7 Å². The van der Waals surface area contributed by atoms with E-state index in [2.05, 4.69) is 9.36 Å². The molecule has 3 heteroatoms. The van der Waals surface area contributed by atoms with Gasteiger partial charge in [0, 0.05) is 5.92 Å². The Morgan fingerprint density at radius 1 is 1.56 bits per heavy atom. The molecule has 2 nitrogen and oxygen atoms in total. The zero-order valence-electron chi connectivity index (χ0n) is 5.29. The third-order valence-electron chi connectivity index (χ3n) is 1.49. The van der Waals surface area contributed by atoms with Crippen LogP contribution in [0, 0.1) is 6.92 Å². The van der Waals surface area contributed by atoms with Crippen LogP contribution in [0.4, 0.5) is 0 Å². The Balaban J connectivity index is 2.28. The van der Waals surface area contributed by atoms with Gasteiger partial charge in [-0.1, -0.05) is 0 Å². The molecule has 0 radical (unpaired) electrons. The van der Waals surface area contributed by atoms with Gasteiger partial charge in [-0.3, -0.25) is 0 Å². The number of hydrogen-bond donors (Lipinski definition) is 0. The minimum absolute atomic E-state index is 0.718. The monoisotopic (exact) mass is 140 g/mol. The molecule has 1 fully saturated rings. The number of nitrogens with zero attached hydrogens (tertiary/aromatic N) is 2. The first-order chi connectivity index (χ1) is 4.36. The minimum Gasteiger partial charge on any atom is -0.225 e. The van der Waals surface area contributed by atoms with Gasteiger partial charge in [0.1, 0.15) is 10.8 Å². The lowest BCUT2D eigenvalue weighted by Gasteiger charge is -1.80. The molecule has 2 rings (SSSR count). The van der Waals surface area contributed by atoms with E-state index in [-0.39, 0.29) is 0 Å². The fourth-order valence-electron chi connectivity index (χ4n) is 0.822. The molecule has 1 aliphatic rings. The second-order valence-corrected chi connectivity index (χ2v) is 3.40. The van der Waals surface area contributed by atoms with Gasteiger partial charge in [0.15, 0.2) is 0 Å². The molecule has 1 aromatic rings. The maximum absolute atomic E-state index is 4.28. The molecule has 0 aromatic carbocycles. The van der Waals surface area contributed by atoms with Crippen LogP contribution in [0.5, 0.6) is 0 Å². The van der Waals surface area contributed by atoms with E-state index in [1.54, 1.807) is 0 Å². The fraction of sp³-hybridized carbons (Fsp3) is 0.667. The molecule has 0 saturated heterocycles. The van der Waals surface area contributed by atoms with Crippen LogP contribution in [0.15, 0.2) is 0 Å². The summed E-state index contributed by atoms with van der Waals surface area (Å²) in [6, 6.07) is 0. The average molecular weight is 140 g/mol. The summed E-state index contributed by atoms with van der Waals surface area (Å²) < 4.78 is 4.21. The Morgan fingerprint density at radius 2 is 2.33 bits per heavy atom. The number of aromatic nitrogens is 2. The summed E-state index contributed by atoms with van der Waals surface area (Å²) >= 11 is 1.51. The molecule has 1 heterocycles. The predicted octanol–water partition coefficient (Wildman–Crippen LogP) is 1.72. The molecule has 0 amide bonds. The highest BCUT2D eigenvalue weighted by Gasteiger charge is 2.27. The van der Waals surface area contributed by atoms with Gasteiger partial charge >= 0.3 is 0 Å². The first-order valence-electron chi connectivity index (χ1n) is 3.16. The number of rotatable bonds is 1. The second-order valence-electron chi connectivity index (χ2n) is 2.45. The normalized spacial score (nSPS) is 18.3. The third-order valence-corrected chi connectivity index (χ3v) is 2.12. The topological polar surface area (TPSA) is 25.8 Å². The lowest BCUT2D eigenvalue weighted by molar-refractivity contribution is 0.973. The van der Waals surface area contributed by atoms with Crippen LogP contribution in [-0.4, -0.2) is 9.36 Å². The summed E-state index contributed by atoms with van der Waals surface area (Å²) in [7, 11) is 0. The summed E-state index contributed by atoms with van der Waals surface area (Å²) in [5.41, 5.74) is 0. The molecule has 0 spiro atoms. The molecule has 0 bridgehead atoms. The lowest BCUT2D eigenvalue weighted by atomic mass is 10.4. The third kappa shape index (κ3) is 0.965. The summed E-state index contributed by atoms with van der Waals surface area (Å²) in [6.07, 6.45) is 2.60. The van der Waals surface area contributed by atoms with E-state index >= 15 is 0 Å². The molecule has 0 atom stereocenters. The van der Waals surface area contributed by atoms with E-state index in [0.717, 1.165) is 16.7 Å².